The quantitative estimate of drug-likeness (QED) is 0.828. The van der Waals surface area contributed by atoms with Gasteiger partial charge in [-0.2, -0.15) is 0 Å². The molecule has 0 aromatic carbocycles. The second-order valence-corrected chi connectivity index (χ2v) is 4.48. The second-order valence-electron chi connectivity index (χ2n) is 4.48. The molecule has 0 aliphatic carbocycles. The minimum absolute atomic E-state index is 0.116. The summed E-state index contributed by atoms with van der Waals surface area (Å²) in [5.41, 5.74) is 0.905. The minimum atomic E-state index is -0.423. The topological polar surface area (TPSA) is 68.3 Å². The first kappa shape index (κ1) is 12.7. The highest BCUT2D eigenvalue weighted by atomic mass is 16.5. The molecule has 0 radical (unpaired) electrons. The third kappa shape index (κ3) is 2.73. The predicted molar refractivity (Wildman–Crippen MR) is 66.4 cm³/mol. The van der Waals surface area contributed by atoms with Crippen molar-refractivity contribution in [1.82, 2.24) is 4.98 Å². The number of anilines is 1. The van der Waals surface area contributed by atoms with Gasteiger partial charge < -0.3 is 10.1 Å². The number of Topliss-reactive ketones (excluding diaryl/α,β-unsaturated/α-hetero) is 1. The SMILES string of the molecule is CC(=O)c1cnccc1NC(=O)C1CCC(C)O1. The number of amides is 1. The Morgan fingerprint density at radius 2 is 2.22 bits per heavy atom. The van der Waals surface area contributed by atoms with Gasteiger partial charge >= 0.3 is 0 Å². The first-order valence-corrected chi connectivity index (χ1v) is 5.99. The van der Waals surface area contributed by atoms with Crippen molar-refractivity contribution in [2.75, 3.05) is 5.32 Å². The summed E-state index contributed by atoms with van der Waals surface area (Å²) in [6.07, 6.45) is 4.29. The number of carbonyl (C=O) groups is 2. The van der Waals surface area contributed by atoms with Gasteiger partial charge in [-0.05, 0) is 32.8 Å². The van der Waals surface area contributed by atoms with Crippen LogP contribution in [0.3, 0.4) is 0 Å². The molecule has 1 saturated heterocycles. The van der Waals surface area contributed by atoms with E-state index in [4.69, 9.17) is 4.74 Å². The van der Waals surface area contributed by atoms with Crippen LogP contribution in [0.15, 0.2) is 18.5 Å². The Bertz CT molecular complexity index is 473. The van der Waals surface area contributed by atoms with Gasteiger partial charge in [-0.3, -0.25) is 14.6 Å². The van der Waals surface area contributed by atoms with Gasteiger partial charge in [0.05, 0.1) is 17.4 Å². The number of ether oxygens (including phenoxy) is 1. The van der Waals surface area contributed by atoms with Gasteiger partial charge in [0.2, 0.25) is 0 Å². The van der Waals surface area contributed by atoms with Gasteiger partial charge in [0, 0.05) is 12.4 Å². The van der Waals surface area contributed by atoms with Crippen molar-refractivity contribution < 1.29 is 14.3 Å². The van der Waals surface area contributed by atoms with E-state index in [9.17, 15) is 9.59 Å². The number of hydrogen-bond donors (Lipinski definition) is 1. The number of nitrogens with one attached hydrogen (secondary N) is 1. The van der Waals surface area contributed by atoms with Gasteiger partial charge in [0.1, 0.15) is 6.10 Å². The van der Waals surface area contributed by atoms with E-state index in [1.165, 1.54) is 13.1 Å². The summed E-state index contributed by atoms with van der Waals surface area (Å²) in [7, 11) is 0. The molecule has 1 N–H and O–H groups in total. The van der Waals surface area contributed by atoms with Crippen LogP contribution in [0.25, 0.3) is 0 Å². The zero-order valence-electron chi connectivity index (χ0n) is 10.5. The summed E-state index contributed by atoms with van der Waals surface area (Å²) < 4.78 is 5.48. The molecule has 18 heavy (non-hydrogen) atoms. The van der Waals surface area contributed by atoms with Crippen LogP contribution in [0, 0.1) is 0 Å². The number of hydrogen-bond acceptors (Lipinski definition) is 4. The lowest BCUT2D eigenvalue weighted by Gasteiger charge is -2.13. The van der Waals surface area contributed by atoms with E-state index in [-0.39, 0.29) is 17.8 Å². The van der Waals surface area contributed by atoms with Gasteiger partial charge in [0.15, 0.2) is 5.78 Å². The maximum absolute atomic E-state index is 12.0. The van der Waals surface area contributed by atoms with Gasteiger partial charge in [-0.25, -0.2) is 0 Å². The summed E-state index contributed by atoms with van der Waals surface area (Å²) in [5, 5.41) is 2.73. The molecule has 2 rings (SSSR count). The van der Waals surface area contributed by atoms with Crippen LogP contribution in [0.1, 0.15) is 37.0 Å². The molecule has 0 bridgehead atoms. The van der Waals surface area contributed by atoms with Crippen LogP contribution in [0.5, 0.6) is 0 Å². The Balaban J connectivity index is 2.09. The van der Waals surface area contributed by atoms with E-state index in [1.807, 2.05) is 6.92 Å². The summed E-state index contributed by atoms with van der Waals surface area (Å²) >= 11 is 0. The van der Waals surface area contributed by atoms with Crippen LogP contribution >= 0.6 is 0 Å². The van der Waals surface area contributed by atoms with E-state index in [1.54, 1.807) is 12.3 Å². The molecule has 5 heteroatoms. The van der Waals surface area contributed by atoms with Crippen LogP contribution in [0.4, 0.5) is 5.69 Å². The highest BCUT2D eigenvalue weighted by Gasteiger charge is 2.28. The maximum Gasteiger partial charge on any atom is 0.253 e. The van der Waals surface area contributed by atoms with E-state index in [0.717, 1.165) is 6.42 Å². The molecule has 2 unspecified atom stereocenters. The zero-order valence-corrected chi connectivity index (χ0v) is 10.5. The highest BCUT2D eigenvalue weighted by Crippen LogP contribution is 2.21. The van der Waals surface area contributed by atoms with Gasteiger partial charge in [-0.15, -0.1) is 0 Å². The summed E-state index contributed by atoms with van der Waals surface area (Å²) in [6, 6.07) is 1.62. The number of pyridine rings is 1. The summed E-state index contributed by atoms with van der Waals surface area (Å²) in [5.74, 6) is -0.327. The van der Waals surface area contributed by atoms with Crippen LogP contribution in [0.2, 0.25) is 0 Å². The standard InChI is InChI=1S/C13H16N2O3/c1-8-3-4-12(18-8)13(17)15-11-5-6-14-7-10(11)9(2)16/h5-8,12H,3-4H2,1-2H3,(H,14,15,17). The molecule has 2 heterocycles. The number of aromatic nitrogens is 1. The highest BCUT2D eigenvalue weighted by molar-refractivity contribution is 6.04. The molecule has 1 aliphatic rings. The van der Waals surface area contributed by atoms with Crippen molar-refractivity contribution in [3.05, 3.63) is 24.0 Å². The first-order valence-electron chi connectivity index (χ1n) is 5.99. The third-order valence-electron chi connectivity index (χ3n) is 2.98. The number of carbonyl (C=O) groups excluding carboxylic acids is 2. The minimum Gasteiger partial charge on any atom is -0.365 e. The number of rotatable bonds is 3. The van der Waals surface area contributed by atoms with Crippen molar-refractivity contribution in [2.24, 2.45) is 0 Å². The Kier molecular flexibility index (Phi) is 3.72. The van der Waals surface area contributed by atoms with E-state index >= 15 is 0 Å². The fourth-order valence-electron chi connectivity index (χ4n) is 1.99. The predicted octanol–water partition coefficient (Wildman–Crippen LogP) is 1.79. The molecule has 5 nitrogen and oxygen atoms in total. The summed E-state index contributed by atoms with van der Waals surface area (Å²) in [6.45, 7) is 3.39. The molecule has 1 aromatic rings. The molecule has 0 saturated carbocycles. The van der Waals surface area contributed by atoms with Crippen molar-refractivity contribution >= 4 is 17.4 Å². The lowest BCUT2D eigenvalue weighted by molar-refractivity contribution is -0.126. The van der Waals surface area contributed by atoms with Crippen molar-refractivity contribution in [2.45, 2.75) is 38.9 Å². The fourth-order valence-corrected chi connectivity index (χ4v) is 1.99. The molecule has 96 valence electrons. The first-order chi connectivity index (χ1) is 8.58. The number of ketones is 1. The zero-order chi connectivity index (χ0) is 13.1. The molecule has 1 aromatic heterocycles. The smallest absolute Gasteiger partial charge is 0.253 e. The number of nitrogens with zero attached hydrogens (tertiary/aromatic N) is 1. The average molecular weight is 248 g/mol. The van der Waals surface area contributed by atoms with E-state index < -0.39 is 6.10 Å². The largest absolute Gasteiger partial charge is 0.365 e. The van der Waals surface area contributed by atoms with Crippen LogP contribution in [-0.4, -0.2) is 28.9 Å². The maximum atomic E-state index is 12.0. The molecule has 1 aliphatic heterocycles. The Morgan fingerprint density at radius 3 is 2.83 bits per heavy atom. The monoisotopic (exact) mass is 248 g/mol. The molecular formula is C13H16N2O3. The van der Waals surface area contributed by atoms with Gasteiger partial charge in [0.25, 0.3) is 5.91 Å². The molecule has 1 fully saturated rings. The molecule has 0 spiro atoms. The second kappa shape index (κ2) is 5.27. The van der Waals surface area contributed by atoms with Crippen LogP contribution < -0.4 is 5.32 Å². The van der Waals surface area contributed by atoms with Crippen molar-refractivity contribution in [3.63, 3.8) is 0 Å². The Morgan fingerprint density at radius 1 is 1.44 bits per heavy atom. The van der Waals surface area contributed by atoms with Crippen molar-refractivity contribution in [1.29, 1.82) is 0 Å². The average Bonchev–Trinajstić information content (AvgIpc) is 2.76. The lowest BCUT2D eigenvalue weighted by Crippen LogP contribution is -2.28. The Labute approximate surface area is 106 Å². The third-order valence-corrected chi connectivity index (χ3v) is 2.98. The lowest BCUT2D eigenvalue weighted by atomic mass is 10.1. The fraction of sp³-hybridized carbons (Fsp3) is 0.462. The van der Waals surface area contributed by atoms with Crippen molar-refractivity contribution in [3.8, 4) is 0 Å². The van der Waals surface area contributed by atoms with E-state index in [0.29, 0.717) is 17.7 Å². The molecular weight excluding hydrogens is 232 g/mol. The molecule has 2 atom stereocenters. The van der Waals surface area contributed by atoms with E-state index in [2.05, 4.69) is 10.3 Å². The molecule has 1 amide bonds. The Hall–Kier alpha value is -1.75. The van der Waals surface area contributed by atoms with Gasteiger partial charge in [-0.1, -0.05) is 0 Å². The normalized spacial score (nSPS) is 22.8. The van der Waals surface area contributed by atoms with Crippen LogP contribution in [-0.2, 0) is 9.53 Å². The summed E-state index contributed by atoms with van der Waals surface area (Å²) in [4.78, 5) is 27.2.